The third-order valence-corrected chi connectivity index (χ3v) is 7.91. The van der Waals surface area contributed by atoms with E-state index in [2.05, 4.69) is 32.7 Å². The lowest BCUT2D eigenvalue weighted by Crippen LogP contribution is -2.39. The molecule has 0 amide bonds. The molecule has 1 saturated heterocycles. The summed E-state index contributed by atoms with van der Waals surface area (Å²) in [5.74, 6) is 0.591. The second kappa shape index (κ2) is 8.92. The Morgan fingerprint density at radius 2 is 1.73 bits per heavy atom. The monoisotopic (exact) mass is 365 g/mol. The van der Waals surface area contributed by atoms with Crippen molar-refractivity contribution in [3.05, 3.63) is 0 Å². The van der Waals surface area contributed by atoms with Gasteiger partial charge in [-0.3, -0.25) is 0 Å². The predicted molar refractivity (Wildman–Crippen MR) is 108 cm³/mol. The van der Waals surface area contributed by atoms with Crippen molar-refractivity contribution in [3.8, 4) is 0 Å². The van der Waals surface area contributed by atoms with Crippen LogP contribution in [0.25, 0.3) is 0 Å². The van der Waals surface area contributed by atoms with Crippen LogP contribution in [-0.2, 0) is 9.47 Å². The number of hydrogen-bond acceptors (Lipinski definition) is 3. The van der Waals surface area contributed by atoms with Crippen molar-refractivity contribution in [1.82, 2.24) is 4.90 Å². The van der Waals surface area contributed by atoms with E-state index >= 15 is 0 Å². The van der Waals surface area contributed by atoms with Gasteiger partial charge in [0.25, 0.3) is 0 Å². The first-order valence-electron chi connectivity index (χ1n) is 11.5. The maximum absolute atomic E-state index is 6.47. The molecule has 3 fully saturated rings. The van der Waals surface area contributed by atoms with Gasteiger partial charge in [-0.1, -0.05) is 46.5 Å². The molecule has 0 N–H and O–H groups in total. The second-order valence-corrected chi connectivity index (χ2v) is 9.99. The van der Waals surface area contributed by atoms with E-state index in [9.17, 15) is 0 Å². The van der Waals surface area contributed by atoms with Crippen LogP contribution in [0.4, 0.5) is 0 Å². The SMILES string of the molecule is CCC(C)(C)C1CCC2(CC1)OCC(CCCN(C)C1CCCCC1)O2. The molecule has 3 heteroatoms. The summed E-state index contributed by atoms with van der Waals surface area (Å²) in [6, 6.07) is 0.827. The van der Waals surface area contributed by atoms with Crippen molar-refractivity contribution in [2.45, 2.75) is 116 Å². The molecule has 3 aliphatic rings. The average molecular weight is 366 g/mol. The van der Waals surface area contributed by atoms with Crippen LogP contribution in [-0.4, -0.2) is 43.0 Å². The summed E-state index contributed by atoms with van der Waals surface area (Å²) in [5, 5.41) is 0. The largest absolute Gasteiger partial charge is 0.347 e. The zero-order valence-electron chi connectivity index (χ0n) is 17.9. The first kappa shape index (κ1) is 20.6. The third kappa shape index (κ3) is 5.02. The molecule has 2 aliphatic carbocycles. The Hall–Kier alpha value is -0.120. The van der Waals surface area contributed by atoms with Gasteiger partial charge >= 0.3 is 0 Å². The van der Waals surface area contributed by atoms with Crippen LogP contribution in [0.3, 0.4) is 0 Å². The Morgan fingerprint density at radius 1 is 1.04 bits per heavy atom. The molecule has 1 heterocycles. The van der Waals surface area contributed by atoms with E-state index in [0.29, 0.717) is 11.5 Å². The molecular weight excluding hydrogens is 322 g/mol. The molecule has 0 aromatic heterocycles. The minimum Gasteiger partial charge on any atom is -0.347 e. The highest BCUT2D eigenvalue weighted by Gasteiger charge is 2.46. The fraction of sp³-hybridized carbons (Fsp3) is 1.00. The molecule has 0 aromatic carbocycles. The topological polar surface area (TPSA) is 21.7 Å². The summed E-state index contributed by atoms with van der Waals surface area (Å²) in [5.41, 5.74) is 0.462. The van der Waals surface area contributed by atoms with Crippen LogP contribution < -0.4 is 0 Å². The van der Waals surface area contributed by atoms with Crippen LogP contribution in [0.5, 0.6) is 0 Å². The average Bonchev–Trinajstić information content (AvgIpc) is 3.05. The lowest BCUT2D eigenvalue weighted by atomic mass is 9.68. The molecule has 1 spiro atoms. The molecule has 1 unspecified atom stereocenters. The van der Waals surface area contributed by atoms with Gasteiger partial charge in [-0.2, -0.15) is 0 Å². The molecule has 3 nitrogen and oxygen atoms in total. The van der Waals surface area contributed by atoms with E-state index in [0.717, 1.165) is 37.8 Å². The number of rotatable bonds is 7. The standard InChI is InChI=1S/C23H43NO2/c1-5-22(2,3)19-13-15-23(16-14-19)25-18-21(26-23)12-9-17-24(4)20-10-7-6-8-11-20/h19-21H,5-18H2,1-4H3. The van der Waals surface area contributed by atoms with Crippen molar-refractivity contribution < 1.29 is 9.47 Å². The summed E-state index contributed by atoms with van der Waals surface area (Å²) in [6.45, 7) is 9.21. The summed E-state index contributed by atoms with van der Waals surface area (Å²) in [6.07, 6.45) is 15.8. The van der Waals surface area contributed by atoms with Crippen molar-refractivity contribution >= 4 is 0 Å². The zero-order valence-corrected chi connectivity index (χ0v) is 17.9. The molecule has 152 valence electrons. The number of nitrogens with zero attached hydrogens (tertiary/aromatic N) is 1. The van der Waals surface area contributed by atoms with Crippen molar-refractivity contribution in [2.24, 2.45) is 11.3 Å². The highest BCUT2D eigenvalue weighted by Crippen LogP contribution is 2.47. The Bertz CT molecular complexity index is 422. The first-order chi connectivity index (χ1) is 12.4. The van der Waals surface area contributed by atoms with Gasteiger partial charge in [0.05, 0.1) is 12.7 Å². The van der Waals surface area contributed by atoms with Gasteiger partial charge in [-0.15, -0.1) is 0 Å². The highest BCUT2D eigenvalue weighted by molar-refractivity contribution is 4.89. The Kier molecular flexibility index (Phi) is 7.07. The van der Waals surface area contributed by atoms with E-state index in [1.165, 1.54) is 64.3 Å². The van der Waals surface area contributed by atoms with Gasteiger partial charge in [-0.05, 0) is 63.5 Å². The summed E-state index contributed by atoms with van der Waals surface area (Å²) >= 11 is 0. The van der Waals surface area contributed by atoms with E-state index in [4.69, 9.17) is 9.47 Å². The molecule has 3 rings (SSSR count). The predicted octanol–water partition coefficient (Wildman–Crippen LogP) is 5.77. The molecule has 1 atom stereocenters. The van der Waals surface area contributed by atoms with Crippen molar-refractivity contribution in [1.29, 1.82) is 0 Å². The summed E-state index contributed by atoms with van der Waals surface area (Å²) < 4.78 is 12.7. The first-order valence-corrected chi connectivity index (χ1v) is 11.5. The number of hydrogen-bond donors (Lipinski definition) is 0. The maximum Gasteiger partial charge on any atom is 0.168 e. The molecule has 0 radical (unpaired) electrons. The third-order valence-electron chi connectivity index (χ3n) is 7.91. The molecule has 2 saturated carbocycles. The van der Waals surface area contributed by atoms with Crippen molar-refractivity contribution in [2.75, 3.05) is 20.2 Å². The fourth-order valence-corrected chi connectivity index (χ4v) is 5.42. The Morgan fingerprint density at radius 3 is 2.38 bits per heavy atom. The van der Waals surface area contributed by atoms with E-state index in [1.54, 1.807) is 0 Å². The lowest BCUT2D eigenvalue weighted by Gasteiger charge is -2.42. The molecular formula is C23H43NO2. The van der Waals surface area contributed by atoms with Gasteiger partial charge in [0.15, 0.2) is 5.79 Å². The number of ether oxygens (including phenoxy) is 2. The normalized spacial score (nSPS) is 34.0. The molecule has 0 bridgehead atoms. The van der Waals surface area contributed by atoms with E-state index < -0.39 is 0 Å². The Labute approximate surface area is 162 Å². The van der Waals surface area contributed by atoms with Gasteiger partial charge in [0.2, 0.25) is 0 Å². The minimum absolute atomic E-state index is 0.236. The fourth-order valence-electron chi connectivity index (χ4n) is 5.42. The van der Waals surface area contributed by atoms with E-state index in [-0.39, 0.29) is 5.79 Å². The quantitative estimate of drug-likeness (QED) is 0.572. The van der Waals surface area contributed by atoms with Gasteiger partial charge in [-0.25, -0.2) is 0 Å². The van der Waals surface area contributed by atoms with Crippen LogP contribution in [0, 0.1) is 11.3 Å². The van der Waals surface area contributed by atoms with Crippen LogP contribution in [0.2, 0.25) is 0 Å². The highest BCUT2D eigenvalue weighted by atomic mass is 16.7. The molecule has 0 aromatic rings. The van der Waals surface area contributed by atoms with Crippen LogP contribution in [0.1, 0.15) is 97.8 Å². The minimum atomic E-state index is -0.236. The zero-order chi connectivity index (χ0) is 18.6. The maximum atomic E-state index is 6.47. The van der Waals surface area contributed by atoms with Crippen molar-refractivity contribution in [3.63, 3.8) is 0 Å². The lowest BCUT2D eigenvalue weighted by molar-refractivity contribution is -0.197. The molecule has 1 aliphatic heterocycles. The van der Waals surface area contributed by atoms with Gasteiger partial charge in [0.1, 0.15) is 0 Å². The van der Waals surface area contributed by atoms with Gasteiger partial charge in [0, 0.05) is 18.9 Å². The summed E-state index contributed by atoms with van der Waals surface area (Å²) in [7, 11) is 2.32. The molecule has 26 heavy (non-hydrogen) atoms. The van der Waals surface area contributed by atoms with Crippen LogP contribution in [0.15, 0.2) is 0 Å². The van der Waals surface area contributed by atoms with Gasteiger partial charge < -0.3 is 14.4 Å². The smallest absolute Gasteiger partial charge is 0.168 e. The Balaban J connectivity index is 1.36. The van der Waals surface area contributed by atoms with Crippen LogP contribution >= 0.6 is 0 Å². The van der Waals surface area contributed by atoms with E-state index in [1.807, 2.05) is 0 Å². The second-order valence-electron chi connectivity index (χ2n) is 9.99. The summed E-state index contributed by atoms with van der Waals surface area (Å²) in [4.78, 5) is 2.60.